The van der Waals surface area contributed by atoms with E-state index in [1.54, 1.807) is 34.7 Å². The summed E-state index contributed by atoms with van der Waals surface area (Å²) in [4.78, 5) is 46.7. The Bertz CT molecular complexity index is 1940. The van der Waals surface area contributed by atoms with Crippen molar-refractivity contribution >= 4 is 35.0 Å². The predicted molar refractivity (Wildman–Crippen MR) is 181 cm³/mol. The van der Waals surface area contributed by atoms with E-state index in [9.17, 15) is 19.5 Å². The quantitative estimate of drug-likeness (QED) is 0.240. The van der Waals surface area contributed by atoms with Crippen LogP contribution in [0, 0.1) is 18.6 Å². The number of carbonyl (C=O) groups is 3. The van der Waals surface area contributed by atoms with Gasteiger partial charge in [0, 0.05) is 75.5 Å². The number of aliphatic hydroxyl groups excluding tert-OH is 1. The van der Waals surface area contributed by atoms with Crippen LogP contribution in [0.1, 0.15) is 33.1 Å². The molecule has 16 heteroatoms. The number of hydrogen-bond acceptors (Lipinski definition) is 8. The summed E-state index contributed by atoms with van der Waals surface area (Å²) in [6, 6.07) is 6.97. The van der Waals surface area contributed by atoms with Crippen molar-refractivity contribution in [3.63, 3.8) is 0 Å². The maximum Gasteiger partial charge on any atom is 0.291 e. The Morgan fingerprint density at radius 1 is 1.06 bits per heavy atom. The number of carbonyl (C=O) groups excluding carboxylic acids is 3. The molecule has 264 valence electrons. The van der Waals surface area contributed by atoms with E-state index in [-0.39, 0.29) is 45.0 Å². The highest BCUT2D eigenvalue weighted by Gasteiger charge is 2.34. The van der Waals surface area contributed by atoms with Gasteiger partial charge in [0.05, 0.1) is 53.5 Å². The molecule has 0 unspecified atom stereocenters. The minimum Gasteiger partial charge on any atom is -0.392 e. The van der Waals surface area contributed by atoms with Crippen molar-refractivity contribution in [2.24, 2.45) is 7.05 Å². The van der Waals surface area contributed by atoms with Gasteiger partial charge in [0.2, 0.25) is 5.91 Å². The van der Waals surface area contributed by atoms with Crippen LogP contribution in [0.15, 0.2) is 42.7 Å². The maximum atomic E-state index is 15.5. The first-order chi connectivity index (χ1) is 24.0. The third kappa shape index (κ3) is 6.99. The number of ether oxygens (including phenoxy) is 1. The topological polar surface area (TPSA) is 147 Å². The zero-order chi connectivity index (χ0) is 35.7. The third-order valence-electron chi connectivity index (χ3n) is 9.05. The number of benzene rings is 2. The van der Waals surface area contributed by atoms with E-state index in [1.807, 2.05) is 0 Å². The summed E-state index contributed by atoms with van der Waals surface area (Å²) in [5.41, 5.74) is 1.69. The highest BCUT2D eigenvalue weighted by molar-refractivity contribution is 6.34. The Morgan fingerprint density at radius 3 is 2.44 bits per heavy atom. The van der Waals surface area contributed by atoms with Crippen molar-refractivity contribution in [1.82, 2.24) is 34.4 Å². The van der Waals surface area contributed by atoms with E-state index in [2.05, 4.69) is 20.7 Å². The predicted octanol–water partition coefficient (Wildman–Crippen LogP) is 3.10. The fourth-order valence-electron chi connectivity index (χ4n) is 6.29. The molecule has 0 bridgehead atoms. The van der Waals surface area contributed by atoms with Gasteiger partial charge >= 0.3 is 0 Å². The minimum atomic E-state index is -1.09. The van der Waals surface area contributed by atoms with Crippen LogP contribution in [0.25, 0.3) is 22.4 Å². The number of aliphatic hydroxyl groups is 1. The van der Waals surface area contributed by atoms with Gasteiger partial charge in [-0.3, -0.25) is 19.1 Å². The zero-order valence-corrected chi connectivity index (χ0v) is 28.5. The molecular formula is C34H37ClF2N8O5. The number of aryl methyl sites for hydroxylation is 1. The molecule has 0 aliphatic carbocycles. The van der Waals surface area contributed by atoms with E-state index in [0.29, 0.717) is 69.2 Å². The SMILES string of the molecule is COCCn1cc(-c2ccc(-c3cnc(C(=O)Nc4ccc(C(=O)N5CCN(C(=O)[C@@H]6C[C@@H](O)CN6)CC5)c(Cl)c4)n3C)c(F)c2F)c(C)n1. The monoisotopic (exact) mass is 710 g/mol. The van der Waals surface area contributed by atoms with Gasteiger partial charge in [-0.25, -0.2) is 13.8 Å². The van der Waals surface area contributed by atoms with E-state index in [1.165, 1.54) is 48.1 Å². The van der Waals surface area contributed by atoms with Gasteiger partial charge in [-0.05, 0) is 37.6 Å². The number of anilines is 1. The summed E-state index contributed by atoms with van der Waals surface area (Å²) >= 11 is 6.49. The Labute approximate surface area is 291 Å². The number of aromatic nitrogens is 4. The summed E-state index contributed by atoms with van der Waals surface area (Å²) in [7, 11) is 3.08. The second kappa shape index (κ2) is 14.6. The first-order valence-electron chi connectivity index (χ1n) is 16.1. The lowest BCUT2D eigenvalue weighted by atomic mass is 10.0. The fourth-order valence-corrected chi connectivity index (χ4v) is 6.55. The van der Waals surface area contributed by atoms with Gasteiger partial charge in [0.15, 0.2) is 17.5 Å². The van der Waals surface area contributed by atoms with E-state index >= 15 is 8.78 Å². The molecule has 2 atom stereocenters. The van der Waals surface area contributed by atoms with Crippen molar-refractivity contribution in [2.45, 2.75) is 32.0 Å². The standard InChI is InChI=1S/C34H37ClF2N8O5/c1-19-25(18-45(41-19)12-13-50-3)22-6-7-24(30(37)29(22)36)28-17-39-31(42(28)2)32(47)40-20-4-5-23(26(35)14-20)33(48)43-8-10-44(11-9-43)34(49)27-15-21(46)16-38-27/h4-7,14,17-18,21,27,38,46H,8-13,15-16H2,1-3H3,(H,40,47)/t21-,27+/m1/s1. The van der Waals surface area contributed by atoms with Crippen molar-refractivity contribution in [1.29, 1.82) is 0 Å². The average Bonchev–Trinajstić information content (AvgIpc) is 3.82. The largest absolute Gasteiger partial charge is 0.392 e. The number of methoxy groups -OCH3 is 1. The molecule has 3 N–H and O–H groups in total. The van der Waals surface area contributed by atoms with Gasteiger partial charge in [0.25, 0.3) is 11.8 Å². The van der Waals surface area contributed by atoms with Gasteiger partial charge < -0.3 is 34.8 Å². The van der Waals surface area contributed by atoms with Gasteiger partial charge in [0.1, 0.15) is 0 Å². The molecular weight excluding hydrogens is 674 g/mol. The second-order valence-electron chi connectivity index (χ2n) is 12.3. The van der Waals surface area contributed by atoms with Crippen molar-refractivity contribution in [3.8, 4) is 22.4 Å². The molecule has 6 rings (SSSR count). The van der Waals surface area contributed by atoms with E-state index in [0.717, 1.165) is 0 Å². The van der Waals surface area contributed by atoms with Crippen LogP contribution < -0.4 is 10.6 Å². The van der Waals surface area contributed by atoms with Crippen LogP contribution in [0.3, 0.4) is 0 Å². The second-order valence-corrected chi connectivity index (χ2v) is 12.7. The molecule has 0 saturated carbocycles. The Hall–Kier alpha value is -4.70. The van der Waals surface area contributed by atoms with Crippen LogP contribution in [0.2, 0.25) is 5.02 Å². The van der Waals surface area contributed by atoms with Crippen LogP contribution in [0.4, 0.5) is 14.5 Å². The molecule has 4 aromatic rings. The lowest BCUT2D eigenvalue weighted by molar-refractivity contribution is -0.134. The fraction of sp³-hybridized carbons (Fsp3) is 0.382. The van der Waals surface area contributed by atoms with Crippen LogP contribution in [0.5, 0.6) is 0 Å². The molecule has 0 spiro atoms. The molecule has 2 aliphatic rings. The number of imidazole rings is 1. The summed E-state index contributed by atoms with van der Waals surface area (Å²) in [6.07, 6.45) is 2.76. The molecule has 2 aromatic heterocycles. The third-order valence-corrected chi connectivity index (χ3v) is 9.36. The molecule has 50 heavy (non-hydrogen) atoms. The molecule has 0 radical (unpaired) electrons. The van der Waals surface area contributed by atoms with Crippen molar-refractivity contribution in [2.75, 3.05) is 51.8 Å². The highest BCUT2D eigenvalue weighted by Crippen LogP contribution is 2.33. The van der Waals surface area contributed by atoms with Gasteiger partial charge in [-0.15, -0.1) is 0 Å². The number of halogens is 3. The number of nitrogens with zero attached hydrogens (tertiary/aromatic N) is 6. The summed E-state index contributed by atoms with van der Waals surface area (Å²) in [5, 5.41) is 19.9. The molecule has 2 saturated heterocycles. The summed E-state index contributed by atoms with van der Waals surface area (Å²) in [6.45, 7) is 4.33. The Balaban J connectivity index is 1.10. The lowest BCUT2D eigenvalue weighted by Gasteiger charge is -2.36. The number of piperazine rings is 1. The summed E-state index contributed by atoms with van der Waals surface area (Å²) in [5.74, 6) is -3.23. The van der Waals surface area contributed by atoms with Crippen LogP contribution in [-0.2, 0) is 23.1 Å². The molecule has 2 aromatic carbocycles. The van der Waals surface area contributed by atoms with Crippen LogP contribution >= 0.6 is 11.6 Å². The molecule has 13 nitrogen and oxygen atoms in total. The average molecular weight is 711 g/mol. The number of hydrogen-bond donors (Lipinski definition) is 3. The highest BCUT2D eigenvalue weighted by atomic mass is 35.5. The molecule has 4 heterocycles. The number of β-amino-alcohol motifs (C(OH)–C–C–N with tert-alkyl or cyclic N) is 1. The van der Waals surface area contributed by atoms with E-state index < -0.39 is 29.7 Å². The zero-order valence-electron chi connectivity index (χ0n) is 27.8. The normalized spacial score (nSPS) is 17.7. The molecule has 2 aliphatic heterocycles. The number of amides is 3. The van der Waals surface area contributed by atoms with Crippen molar-refractivity contribution in [3.05, 3.63) is 76.5 Å². The smallest absolute Gasteiger partial charge is 0.291 e. The van der Waals surface area contributed by atoms with E-state index in [4.69, 9.17) is 16.3 Å². The minimum absolute atomic E-state index is 0.0575. The van der Waals surface area contributed by atoms with Crippen LogP contribution in [-0.4, -0.2) is 111 Å². The first kappa shape index (κ1) is 35.1. The lowest BCUT2D eigenvalue weighted by Crippen LogP contribution is -2.54. The Kier molecular flexibility index (Phi) is 10.3. The van der Waals surface area contributed by atoms with Gasteiger partial charge in [-0.1, -0.05) is 17.7 Å². The molecule has 2 fully saturated rings. The number of rotatable bonds is 9. The van der Waals surface area contributed by atoms with Gasteiger partial charge in [-0.2, -0.15) is 5.10 Å². The maximum absolute atomic E-state index is 15.5. The van der Waals surface area contributed by atoms with Crippen molar-refractivity contribution < 1.29 is 33.0 Å². The molecule has 3 amide bonds. The summed E-state index contributed by atoms with van der Waals surface area (Å²) < 4.78 is 38.9. The first-order valence-corrected chi connectivity index (χ1v) is 16.5. The number of nitrogens with one attached hydrogen (secondary N) is 2. The Morgan fingerprint density at radius 2 is 1.76 bits per heavy atom.